The van der Waals surface area contributed by atoms with E-state index in [4.69, 9.17) is 0 Å². The quantitative estimate of drug-likeness (QED) is 0.696. The van der Waals surface area contributed by atoms with Crippen molar-refractivity contribution in [3.05, 3.63) is 17.8 Å². The first-order valence-electron chi connectivity index (χ1n) is 5.28. The fraction of sp³-hybridized carbons (Fsp3) is 0.455. The van der Waals surface area contributed by atoms with Crippen LogP contribution in [0.3, 0.4) is 0 Å². The van der Waals surface area contributed by atoms with Crippen LogP contribution >= 0.6 is 0 Å². The molecule has 7 heteroatoms. The molecule has 0 N–H and O–H groups in total. The van der Waals surface area contributed by atoms with Crippen LogP contribution in [-0.4, -0.2) is 49.9 Å². The summed E-state index contributed by atoms with van der Waals surface area (Å²) in [6, 6.07) is 3.15. The van der Waals surface area contributed by atoms with Crippen LogP contribution in [0.5, 0.6) is 0 Å². The van der Waals surface area contributed by atoms with Crippen LogP contribution in [0.1, 0.15) is 16.9 Å². The van der Waals surface area contributed by atoms with E-state index in [1.54, 1.807) is 18.0 Å². The summed E-state index contributed by atoms with van der Waals surface area (Å²) in [5.41, 5.74) is 0.141. The molecule has 0 atom stereocenters. The molecule has 0 aromatic carbocycles. The first-order chi connectivity index (χ1) is 8.58. The molecular formula is C11H15N3O4. The summed E-state index contributed by atoms with van der Waals surface area (Å²) in [5, 5.41) is 7.61. The molecule has 18 heavy (non-hydrogen) atoms. The van der Waals surface area contributed by atoms with Crippen molar-refractivity contribution in [2.24, 2.45) is 0 Å². The average molecular weight is 253 g/mol. The minimum atomic E-state index is -0.536. The van der Waals surface area contributed by atoms with E-state index in [1.807, 2.05) is 0 Å². The van der Waals surface area contributed by atoms with Gasteiger partial charge in [-0.3, -0.25) is 4.79 Å². The van der Waals surface area contributed by atoms with Gasteiger partial charge in [-0.25, -0.2) is 4.79 Å². The van der Waals surface area contributed by atoms with Crippen LogP contribution in [-0.2, 0) is 14.3 Å². The molecule has 1 heterocycles. The smallest absolute Gasteiger partial charge is 0.358 e. The molecule has 0 saturated heterocycles. The molecule has 0 spiro atoms. The lowest BCUT2D eigenvalue weighted by Crippen LogP contribution is -2.23. The molecule has 0 aliphatic heterocycles. The maximum Gasteiger partial charge on any atom is 0.358 e. The highest BCUT2D eigenvalue weighted by Crippen LogP contribution is 2.08. The molecule has 1 rings (SSSR count). The van der Waals surface area contributed by atoms with Gasteiger partial charge in [0, 0.05) is 13.6 Å². The number of methoxy groups -OCH3 is 2. The van der Waals surface area contributed by atoms with Gasteiger partial charge in [-0.05, 0) is 12.1 Å². The van der Waals surface area contributed by atoms with E-state index in [-0.39, 0.29) is 18.1 Å². The number of ether oxygens (including phenoxy) is 2. The molecule has 1 aromatic heterocycles. The number of nitrogens with zero attached hydrogens (tertiary/aromatic N) is 3. The maximum absolute atomic E-state index is 11.1. The Labute approximate surface area is 105 Å². The van der Waals surface area contributed by atoms with Crippen molar-refractivity contribution >= 4 is 17.8 Å². The highest BCUT2D eigenvalue weighted by molar-refractivity contribution is 5.86. The Morgan fingerprint density at radius 2 is 1.94 bits per heavy atom. The van der Waals surface area contributed by atoms with Crippen molar-refractivity contribution in [2.75, 3.05) is 32.7 Å². The second-order valence-electron chi connectivity index (χ2n) is 3.52. The molecular weight excluding hydrogens is 238 g/mol. The zero-order valence-electron chi connectivity index (χ0n) is 10.5. The third-order valence-corrected chi connectivity index (χ3v) is 2.32. The summed E-state index contributed by atoms with van der Waals surface area (Å²) in [6.45, 7) is 0.457. The van der Waals surface area contributed by atoms with Gasteiger partial charge >= 0.3 is 11.9 Å². The molecule has 1 aromatic rings. The summed E-state index contributed by atoms with van der Waals surface area (Å²) < 4.78 is 9.05. The number of hydrogen-bond acceptors (Lipinski definition) is 7. The Morgan fingerprint density at radius 1 is 1.22 bits per heavy atom. The number of hydrogen-bond donors (Lipinski definition) is 0. The zero-order chi connectivity index (χ0) is 13.5. The van der Waals surface area contributed by atoms with Gasteiger partial charge in [0.2, 0.25) is 0 Å². The van der Waals surface area contributed by atoms with Crippen molar-refractivity contribution in [3.8, 4) is 0 Å². The fourth-order valence-electron chi connectivity index (χ4n) is 1.22. The summed E-state index contributed by atoms with van der Waals surface area (Å²) in [7, 11) is 4.39. The van der Waals surface area contributed by atoms with Gasteiger partial charge in [-0.2, -0.15) is 0 Å². The number of esters is 2. The van der Waals surface area contributed by atoms with Crippen molar-refractivity contribution in [3.63, 3.8) is 0 Å². The van der Waals surface area contributed by atoms with Crippen molar-refractivity contribution in [1.82, 2.24) is 10.2 Å². The van der Waals surface area contributed by atoms with Crippen molar-refractivity contribution < 1.29 is 19.1 Å². The number of carbonyl (C=O) groups is 2. The maximum atomic E-state index is 11.1. The van der Waals surface area contributed by atoms with Gasteiger partial charge < -0.3 is 14.4 Å². The number of carbonyl (C=O) groups excluding carboxylic acids is 2. The number of aromatic nitrogens is 2. The summed E-state index contributed by atoms with van der Waals surface area (Å²) in [6.07, 6.45) is 0.257. The van der Waals surface area contributed by atoms with E-state index in [1.165, 1.54) is 20.3 Å². The summed E-state index contributed by atoms with van der Waals surface area (Å²) >= 11 is 0. The topological polar surface area (TPSA) is 81.6 Å². The molecule has 0 aliphatic rings. The van der Waals surface area contributed by atoms with Crippen LogP contribution < -0.4 is 4.90 Å². The molecule has 0 radical (unpaired) electrons. The van der Waals surface area contributed by atoms with Gasteiger partial charge in [0.15, 0.2) is 11.5 Å². The van der Waals surface area contributed by atoms with Crippen LogP contribution in [0.25, 0.3) is 0 Å². The Kier molecular flexibility index (Phi) is 5.04. The highest BCUT2D eigenvalue weighted by Gasteiger charge is 2.10. The van der Waals surface area contributed by atoms with Gasteiger partial charge in [0.05, 0.1) is 20.6 Å². The second-order valence-corrected chi connectivity index (χ2v) is 3.52. The Bertz CT molecular complexity index is 419. The fourth-order valence-corrected chi connectivity index (χ4v) is 1.22. The van der Waals surface area contributed by atoms with E-state index in [0.717, 1.165) is 0 Å². The third-order valence-electron chi connectivity index (χ3n) is 2.32. The molecule has 0 unspecified atom stereocenters. The SMILES string of the molecule is COC(=O)CCN(C)c1ccc(C(=O)OC)nn1. The predicted octanol–water partition coefficient (Wildman–Crippen LogP) is 0.262. The van der Waals surface area contributed by atoms with Gasteiger partial charge in [0.1, 0.15) is 0 Å². The van der Waals surface area contributed by atoms with Gasteiger partial charge in [-0.15, -0.1) is 10.2 Å². The first-order valence-corrected chi connectivity index (χ1v) is 5.28. The third kappa shape index (κ3) is 3.69. The van der Waals surface area contributed by atoms with Gasteiger partial charge in [0.25, 0.3) is 0 Å². The van der Waals surface area contributed by atoms with Crippen LogP contribution in [0.15, 0.2) is 12.1 Å². The van der Waals surface area contributed by atoms with Crippen molar-refractivity contribution in [2.45, 2.75) is 6.42 Å². The predicted molar refractivity (Wildman–Crippen MR) is 63.3 cm³/mol. The normalized spacial score (nSPS) is 9.72. The Hall–Kier alpha value is -2.18. The van der Waals surface area contributed by atoms with Gasteiger partial charge in [-0.1, -0.05) is 0 Å². The van der Waals surface area contributed by atoms with E-state index in [9.17, 15) is 9.59 Å². The summed E-state index contributed by atoms with van der Waals surface area (Å²) in [4.78, 5) is 23.9. The lowest BCUT2D eigenvalue weighted by molar-refractivity contribution is -0.140. The molecule has 7 nitrogen and oxygen atoms in total. The standard InChI is InChI=1S/C11H15N3O4/c1-14(7-6-10(15)17-2)9-5-4-8(12-13-9)11(16)18-3/h4-5H,6-7H2,1-3H3. The lowest BCUT2D eigenvalue weighted by Gasteiger charge is -2.16. The second kappa shape index (κ2) is 6.53. The first kappa shape index (κ1) is 13.9. The minimum absolute atomic E-state index is 0.141. The Morgan fingerprint density at radius 3 is 2.44 bits per heavy atom. The monoisotopic (exact) mass is 253 g/mol. The highest BCUT2D eigenvalue weighted by atomic mass is 16.5. The van der Waals surface area contributed by atoms with Crippen LogP contribution in [0.2, 0.25) is 0 Å². The van der Waals surface area contributed by atoms with E-state index in [2.05, 4.69) is 19.7 Å². The summed E-state index contributed by atoms with van der Waals surface area (Å²) in [5.74, 6) is -0.265. The van der Waals surface area contributed by atoms with Crippen LogP contribution in [0, 0.1) is 0 Å². The average Bonchev–Trinajstić information content (AvgIpc) is 2.43. The van der Waals surface area contributed by atoms with Crippen LogP contribution in [0.4, 0.5) is 5.82 Å². The van der Waals surface area contributed by atoms with E-state index in [0.29, 0.717) is 12.4 Å². The molecule has 0 bridgehead atoms. The van der Waals surface area contributed by atoms with E-state index < -0.39 is 5.97 Å². The molecule has 98 valence electrons. The van der Waals surface area contributed by atoms with Crippen molar-refractivity contribution in [1.29, 1.82) is 0 Å². The Balaban J connectivity index is 2.61. The number of rotatable bonds is 5. The minimum Gasteiger partial charge on any atom is -0.469 e. The number of anilines is 1. The molecule has 0 amide bonds. The molecule has 0 aliphatic carbocycles. The largest absolute Gasteiger partial charge is 0.469 e. The molecule has 0 fully saturated rings. The lowest BCUT2D eigenvalue weighted by atomic mass is 10.3. The zero-order valence-corrected chi connectivity index (χ0v) is 10.5. The molecule has 0 saturated carbocycles. The van der Waals surface area contributed by atoms with E-state index >= 15 is 0 Å².